The van der Waals surface area contributed by atoms with Crippen LogP contribution in [0.2, 0.25) is 0 Å². The minimum absolute atomic E-state index is 0.0225. The van der Waals surface area contributed by atoms with Gasteiger partial charge in [0.05, 0.1) is 10.4 Å². The summed E-state index contributed by atoms with van der Waals surface area (Å²) in [5.74, 6) is 0.592. The van der Waals surface area contributed by atoms with Crippen LogP contribution in [0.15, 0.2) is 42.7 Å². The number of benzene rings is 2. The van der Waals surface area contributed by atoms with Gasteiger partial charge in [-0.3, -0.25) is 10.1 Å². The van der Waals surface area contributed by atoms with E-state index >= 15 is 0 Å². The molecule has 2 heterocycles. The molecule has 2 N–H and O–H groups in total. The smallest absolute Gasteiger partial charge is 0.293 e. The van der Waals surface area contributed by atoms with Crippen LogP contribution in [-0.4, -0.2) is 34.5 Å². The standard InChI is InChI=1S/C22H26N6O2/c1-2-23-20-13-19-18(12-21(20)28(29)30)22(26-15-25-19)24-14-16-7-6-8-17(11-16)27-9-4-3-5-10-27/h6-8,11-13,15,23H,2-5,9-10,14H2,1H3,(H,24,25,26). The molecule has 0 unspecified atom stereocenters. The topological polar surface area (TPSA) is 96.2 Å². The molecule has 30 heavy (non-hydrogen) atoms. The summed E-state index contributed by atoms with van der Waals surface area (Å²) in [7, 11) is 0. The maximum atomic E-state index is 11.5. The molecule has 0 amide bonds. The molecule has 0 aliphatic carbocycles. The molecule has 1 aliphatic rings. The number of hydrogen-bond donors (Lipinski definition) is 2. The molecular weight excluding hydrogens is 380 g/mol. The molecule has 8 nitrogen and oxygen atoms in total. The molecule has 0 spiro atoms. The first kappa shape index (κ1) is 19.9. The van der Waals surface area contributed by atoms with Gasteiger partial charge in [-0.2, -0.15) is 0 Å². The van der Waals surface area contributed by atoms with Gasteiger partial charge in [-0.25, -0.2) is 9.97 Å². The van der Waals surface area contributed by atoms with Crippen LogP contribution >= 0.6 is 0 Å². The van der Waals surface area contributed by atoms with Gasteiger partial charge in [-0.1, -0.05) is 12.1 Å². The van der Waals surface area contributed by atoms with Gasteiger partial charge >= 0.3 is 0 Å². The normalized spacial score (nSPS) is 14.0. The first-order valence-corrected chi connectivity index (χ1v) is 10.4. The molecule has 1 aromatic heterocycles. The van der Waals surface area contributed by atoms with Crippen molar-refractivity contribution in [3.8, 4) is 0 Å². The lowest BCUT2D eigenvalue weighted by atomic mass is 10.1. The molecule has 4 rings (SSSR count). The number of fused-ring (bicyclic) bond motifs is 1. The molecule has 1 fully saturated rings. The number of nitrogens with one attached hydrogen (secondary N) is 2. The Morgan fingerprint density at radius 2 is 1.93 bits per heavy atom. The highest BCUT2D eigenvalue weighted by Crippen LogP contribution is 2.32. The molecule has 0 atom stereocenters. The fraction of sp³-hybridized carbons (Fsp3) is 0.364. The summed E-state index contributed by atoms with van der Waals surface area (Å²) in [4.78, 5) is 22.2. The van der Waals surface area contributed by atoms with Gasteiger partial charge in [0.25, 0.3) is 5.69 Å². The van der Waals surface area contributed by atoms with Crippen molar-refractivity contribution in [1.29, 1.82) is 0 Å². The van der Waals surface area contributed by atoms with Gasteiger partial charge in [0, 0.05) is 43.3 Å². The average Bonchev–Trinajstić information content (AvgIpc) is 2.78. The second-order valence-electron chi connectivity index (χ2n) is 7.47. The summed E-state index contributed by atoms with van der Waals surface area (Å²) in [6.45, 7) is 5.28. The van der Waals surface area contributed by atoms with Crippen LogP contribution < -0.4 is 15.5 Å². The molecule has 0 saturated carbocycles. The first-order valence-electron chi connectivity index (χ1n) is 10.4. The molecule has 0 bridgehead atoms. The Hall–Kier alpha value is -3.42. The van der Waals surface area contributed by atoms with Crippen molar-refractivity contribution in [2.24, 2.45) is 0 Å². The predicted octanol–water partition coefficient (Wildman–Crippen LogP) is 4.57. The van der Waals surface area contributed by atoms with Crippen LogP contribution in [0.1, 0.15) is 31.7 Å². The summed E-state index contributed by atoms with van der Waals surface area (Å²) in [6.07, 6.45) is 5.27. The zero-order valence-corrected chi connectivity index (χ0v) is 17.1. The summed E-state index contributed by atoms with van der Waals surface area (Å²) >= 11 is 0. The number of aromatic nitrogens is 2. The van der Waals surface area contributed by atoms with Gasteiger partial charge in [0.1, 0.15) is 17.8 Å². The van der Waals surface area contributed by atoms with E-state index in [-0.39, 0.29) is 10.6 Å². The van der Waals surface area contributed by atoms with Crippen molar-refractivity contribution in [3.63, 3.8) is 0 Å². The largest absolute Gasteiger partial charge is 0.380 e. The van der Waals surface area contributed by atoms with E-state index in [0.29, 0.717) is 35.5 Å². The minimum atomic E-state index is -0.379. The van der Waals surface area contributed by atoms with Crippen LogP contribution in [0, 0.1) is 10.1 Å². The molecule has 3 aromatic rings. The number of anilines is 3. The highest BCUT2D eigenvalue weighted by Gasteiger charge is 2.17. The molecule has 8 heteroatoms. The Morgan fingerprint density at radius 3 is 2.70 bits per heavy atom. The molecule has 2 aromatic carbocycles. The van der Waals surface area contributed by atoms with Crippen LogP contribution in [0.3, 0.4) is 0 Å². The van der Waals surface area contributed by atoms with E-state index in [9.17, 15) is 10.1 Å². The van der Waals surface area contributed by atoms with Gasteiger partial charge in [0.2, 0.25) is 0 Å². The van der Waals surface area contributed by atoms with Gasteiger partial charge in [-0.05, 0) is 49.9 Å². The van der Waals surface area contributed by atoms with E-state index in [1.54, 1.807) is 12.1 Å². The Bertz CT molecular complexity index is 1050. The molecular formula is C22H26N6O2. The summed E-state index contributed by atoms with van der Waals surface area (Å²) < 4.78 is 0. The summed E-state index contributed by atoms with van der Waals surface area (Å²) in [5, 5.41) is 18.5. The summed E-state index contributed by atoms with van der Waals surface area (Å²) in [6, 6.07) is 11.8. The van der Waals surface area contributed by atoms with Gasteiger partial charge in [0.15, 0.2) is 0 Å². The van der Waals surface area contributed by atoms with Gasteiger partial charge < -0.3 is 15.5 Å². The molecule has 1 aliphatic heterocycles. The highest BCUT2D eigenvalue weighted by molar-refractivity contribution is 5.94. The molecule has 156 valence electrons. The molecule has 0 radical (unpaired) electrons. The van der Waals surface area contributed by atoms with Crippen LogP contribution in [-0.2, 0) is 6.54 Å². The third-order valence-electron chi connectivity index (χ3n) is 5.41. The van der Waals surface area contributed by atoms with Crippen molar-refractivity contribution >= 4 is 33.8 Å². The number of nitrogens with zero attached hydrogens (tertiary/aromatic N) is 4. The van der Waals surface area contributed by atoms with Crippen LogP contribution in [0.4, 0.5) is 22.9 Å². The second-order valence-corrected chi connectivity index (χ2v) is 7.47. The highest BCUT2D eigenvalue weighted by atomic mass is 16.6. The SMILES string of the molecule is CCNc1cc2ncnc(NCc3cccc(N4CCCCC4)c3)c2cc1[N+](=O)[O-]. The summed E-state index contributed by atoms with van der Waals surface area (Å²) in [5.41, 5.74) is 3.54. The van der Waals surface area contributed by atoms with Crippen LogP contribution in [0.5, 0.6) is 0 Å². The van der Waals surface area contributed by atoms with Crippen molar-refractivity contribution in [2.45, 2.75) is 32.7 Å². The van der Waals surface area contributed by atoms with Crippen molar-refractivity contribution in [2.75, 3.05) is 35.2 Å². The number of nitro benzene ring substituents is 1. The lowest BCUT2D eigenvalue weighted by Gasteiger charge is -2.29. The number of rotatable bonds is 7. The zero-order valence-electron chi connectivity index (χ0n) is 17.1. The van der Waals surface area contributed by atoms with E-state index < -0.39 is 0 Å². The van der Waals surface area contributed by atoms with Crippen molar-refractivity contribution < 1.29 is 4.92 Å². The fourth-order valence-corrected chi connectivity index (χ4v) is 3.92. The lowest BCUT2D eigenvalue weighted by molar-refractivity contribution is -0.383. The maximum absolute atomic E-state index is 11.5. The third-order valence-corrected chi connectivity index (χ3v) is 5.41. The Balaban J connectivity index is 1.58. The Kier molecular flexibility index (Phi) is 5.92. The quantitative estimate of drug-likeness (QED) is 0.438. The minimum Gasteiger partial charge on any atom is -0.380 e. The van der Waals surface area contributed by atoms with E-state index in [1.165, 1.54) is 31.3 Å². The van der Waals surface area contributed by atoms with E-state index in [2.05, 4.69) is 49.8 Å². The number of hydrogen-bond acceptors (Lipinski definition) is 7. The average molecular weight is 406 g/mol. The fourth-order valence-electron chi connectivity index (χ4n) is 3.92. The monoisotopic (exact) mass is 406 g/mol. The Labute approximate surface area is 175 Å². The van der Waals surface area contributed by atoms with E-state index in [0.717, 1.165) is 18.7 Å². The van der Waals surface area contributed by atoms with Crippen molar-refractivity contribution in [3.05, 3.63) is 58.4 Å². The van der Waals surface area contributed by atoms with E-state index in [1.807, 2.05) is 6.92 Å². The predicted molar refractivity (Wildman–Crippen MR) is 120 cm³/mol. The third kappa shape index (κ3) is 4.27. The maximum Gasteiger partial charge on any atom is 0.293 e. The van der Waals surface area contributed by atoms with Gasteiger partial charge in [-0.15, -0.1) is 0 Å². The molecule has 1 saturated heterocycles. The lowest BCUT2D eigenvalue weighted by Crippen LogP contribution is -2.29. The number of piperidine rings is 1. The first-order chi connectivity index (χ1) is 14.7. The van der Waals surface area contributed by atoms with Crippen molar-refractivity contribution in [1.82, 2.24) is 9.97 Å². The number of nitro groups is 1. The van der Waals surface area contributed by atoms with E-state index in [4.69, 9.17) is 0 Å². The van der Waals surface area contributed by atoms with Crippen LogP contribution in [0.25, 0.3) is 10.9 Å². The second kappa shape index (κ2) is 8.94. The zero-order chi connectivity index (χ0) is 20.9. The Morgan fingerprint density at radius 1 is 1.10 bits per heavy atom.